The predicted octanol–water partition coefficient (Wildman–Crippen LogP) is 13.3. The molecule has 0 unspecified atom stereocenters. The highest BCUT2D eigenvalue weighted by molar-refractivity contribution is 5.87. The third-order valence-corrected chi connectivity index (χ3v) is 22.5. The second-order valence-electron chi connectivity index (χ2n) is 33.8. The Hall–Kier alpha value is -15.9. The molecule has 42 nitrogen and oxygen atoms in total. The summed E-state index contributed by atoms with van der Waals surface area (Å²) in [7, 11) is 0. The number of piperazine rings is 4. The van der Waals surface area contributed by atoms with Crippen LogP contribution >= 0.6 is 0 Å². The van der Waals surface area contributed by atoms with Crippen molar-refractivity contribution < 1.29 is 47.8 Å². The molecular formula is C94H118N32O10. The van der Waals surface area contributed by atoms with Gasteiger partial charge in [0.1, 0.15) is 54.9 Å². The lowest BCUT2D eigenvalue weighted by Crippen LogP contribution is -2.58. The van der Waals surface area contributed by atoms with Gasteiger partial charge in [0.2, 0.25) is 47.4 Å². The summed E-state index contributed by atoms with van der Waals surface area (Å²) in [4.78, 5) is 139. The summed E-state index contributed by atoms with van der Waals surface area (Å²) in [6, 6.07) is 45.5. The van der Waals surface area contributed by atoms with Crippen LogP contribution in [-0.2, 0) is 33.4 Å². The van der Waals surface area contributed by atoms with Crippen LogP contribution in [0.3, 0.4) is 0 Å². The molecule has 714 valence electrons. The Morgan fingerprint density at radius 3 is 0.919 bits per heavy atom. The summed E-state index contributed by atoms with van der Waals surface area (Å²) in [5.74, 6) is 6.14. The molecule has 12 aromatic rings. The van der Waals surface area contributed by atoms with Crippen LogP contribution in [-0.4, -0.2) is 265 Å². The Morgan fingerprint density at radius 2 is 0.610 bits per heavy atom. The van der Waals surface area contributed by atoms with Crippen molar-refractivity contribution in [2.75, 3.05) is 122 Å². The van der Waals surface area contributed by atoms with Gasteiger partial charge in [-0.2, -0.15) is 19.9 Å². The van der Waals surface area contributed by atoms with Gasteiger partial charge in [-0.15, -0.1) is 20.4 Å². The van der Waals surface area contributed by atoms with E-state index < -0.39 is 18.3 Å². The van der Waals surface area contributed by atoms with Crippen molar-refractivity contribution in [3.63, 3.8) is 0 Å². The molecule has 0 spiro atoms. The molecule has 4 fully saturated rings. The molecule has 0 saturated carbocycles. The molecule has 16 rings (SSSR count). The van der Waals surface area contributed by atoms with E-state index in [0.29, 0.717) is 99.2 Å². The molecule has 0 radical (unpaired) electrons. The van der Waals surface area contributed by atoms with Crippen LogP contribution in [0.25, 0.3) is 22.9 Å². The van der Waals surface area contributed by atoms with E-state index in [-0.39, 0.29) is 78.1 Å². The lowest BCUT2D eigenvalue weighted by atomic mass is 10.1. The molecular weight excluding hydrogens is 1740 g/mol. The van der Waals surface area contributed by atoms with Gasteiger partial charge in [-0.3, -0.25) is 35.1 Å². The van der Waals surface area contributed by atoms with E-state index >= 15 is 0 Å². The lowest BCUT2D eigenvalue weighted by molar-refractivity contribution is -0.134. The first-order chi connectivity index (χ1) is 65.4. The Kier molecular flexibility index (Phi) is 32.6. The number of carbonyl (C=O) groups excluding carboxylic acids is 7. The van der Waals surface area contributed by atoms with Crippen molar-refractivity contribution in [3.8, 4) is 22.9 Å². The summed E-state index contributed by atoms with van der Waals surface area (Å²) in [6.07, 6.45) is 12.4. The zero-order valence-corrected chi connectivity index (χ0v) is 79.2. The number of anilines is 15. The highest BCUT2D eigenvalue weighted by Crippen LogP contribution is 2.31. The highest BCUT2D eigenvalue weighted by atomic mass is 16.6. The molecule has 4 aliphatic rings. The standard InChI is InChI=1S/2C25H32N8O3.C24H30N8O3.C20H24N8O/c1-16(2)36-25(35)29-21-8-6-20(7-9-21)28-24-27-15-32(30-24)22-10-11-26-23(12-22)31-13-17(3)33(19(5)34)18(4)14-31;1-5-12-36-25(35)29-21-8-6-20(7-9-21)28-24-27-16-32(30-24)22-10-11-26-23(13-22)31-14-17(2)33(19(4)34)18(3)15-31;1-5-35-24(34)28-20-8-6-19(7-9-20)27-23-26-15-31(29-23)21-10-11-25-22(12-21)30-13-16(2)32(18(4)33)17(3)14-30;1-14-10-26(11-15(2)28(14)16(3)29)18-9-19(22-12-21-18)27-13-23-20(25-27)24-17-7-5-4-6-8-17/h6-12,15-18H,13-14H2,1-5H3,(H,28,30)(H,29,35);6-11,13,16-18H,5,12,14-15H2,1-4H3,(H,28,30)(H,29,35);6-12,15-17H,5,13-14H2,1-4H3,(H,27,29)(H,28,34);4-9,12-15H,10-11H2,1-3H3,(H,24,25)/t2*17-,18+;16-,17+;14-,15+. The molecule has 8 atom stereocenters. The number of nitrogens with zero attached hydrogens (tertiary/aromatic N) is 25. The first-order valence-electron chi connectivity index (χ1n) is 45.2. The van der Waals surface area contributed by atoms with Crippen molar-refractivity contribution in [2.24, 2.45) is 0 Å². The SMILES string of the molecule is CC(=O)N1[C@H](C)CN(c2cc(-n3cnc(Nc4ccc(NC(=O)OC(C)C)cc4)n3)ccn2)C[C@@H]1C.CC(=O)N1[C@H](C)CN(c2cc(-n3cnc(Nc4ccccc4)n3)ncn2)C[C@@H]1C.CCCOC(=O)Nc1ccc(Nc2ncn(-c3ccnc(N4C[C@@H](C)N(C(C)=O)[C@@H](C)C4)c3)n2)cc1.CCOC(=O)Nc1ccc(Nc2ncn(-c3ccnc(N4C[C@@H](C)N(C(C)=O)[C@@H](C)C4)c3)n2)cc1. The van der Waals surface area contributed by atoms with Crippen LogP contribution in [0.2, 0.25) is 0 Å². The van der Waals surface area contributed by atoms with Crippen LogP contribution in [0.4, 0.5) is 101 Å². The number of ether oxygens (including phenoxy) is 3. The average molecular weight is 1860 g/mol. The molecule has 8 aromatic heterocycles. The third-order valence-electron chi connectivity index (χ3n) is 22.5. The zero-order valence-electron chi connectivity index (χ0n) is 79.2. The molecule has 12 heterocycles. The topological polar surface area (TPSA) is 445 Å². The first kappa shape index (κ1) is 97.6. The minimum Gasteiger partial charge on any atom is -0.450 e. The van der Waals surface area contributed by atoms with E-state index in [1.54, 1.807) is 147 Å². The normalized spacial score (nSPS) is 18.0. The van der Waals surface area contributed by atoms with Crippen LogP contribution in [0.5, 0.6) is 0 Å². The van der Waals surface area contributed by atoms with Gasteiger partial charge >= 0.3 is 18.3 Å². The summed E-state index contributed by atoms with van der Waals surface area (Å²) in [5.41, 5.74) is 7.64. The van der Waals surface area contributed by atoms with Gasteiger partial charge in [0.25, 0.3) is 0 Å². The fourth-order valence-corrected chi connectivity index (χ4v) is 17.0. The highest BCUT2D eigenvalue weighted by Gasteiger charge is 2.37. The number of nitrogens with one attached hydrogen (secondary N) is 7. The molecule has 0 bridgehead atoms. The maximum atomic E-state index is 12.0. The van der Waals surface area contributed by atoms with Crippen LogP contribution in [0.1, 0.15) is 117 Å². The van der Waals surface area contributed by atoms with Gasteiger partial charge in [0.05, 0.1) is 36.4 Å². The van der Waals surface area contributed by atoms with Crippen molar-refractivity contribution in [1.82, 2.24) is 104 Å². The molecule has 136 heavy (non-hydrogen) atoms. The fourth-order valence-electron chi connectivity index (χ4n) is 17.0. The summed E-state index contributed by atoms with van der Waals surface area (Å²) < 4.78 is 21.7. The molecule has 4 saturated heterocycles. The van der Waals surface area contributed by atoms with E-state index in [9.17, 15) is 33.6 Å². The van der Waals surface area contributed by atoms with Gasteiger partial charge in [0.15, 0.2) is 5.82 Å². The quantitative estimate of drug-likeness (QED) is 0.0292. The van der Waals surface area contributed by atoms with Crippen molar-refractivity contribution in [1.29, 1.82) is 0 Å². The Bertz CT molecular complexity index is 5970. The number of aromatic nitrogens is 17. The second kappa shape index (κ2) is 45.5. The van der Waals surface area contributed by atoms with Crippen molar-refractivity contribution in [3.05, 3.63) is 196 Å². The molecule has 7 N–H and O–H groups in total. The number of carbonyl (C=O) groups is 7. The number of amides is 7. The second-order valence-corrected chi connectivity index (χ2v) is 33.8. The first-order valence-corrected chi connectivity index (χ1v) is 45.2. The minimum absolute atomic E-state index is 0.0959. The fraction of sp³-hybridized carbons (Fsp3) is 0.383. The number of rotatable bonds is 23. The average Bonchev–Trinajstić information content (AvgIpc) is 0.872. The summed E-state index contributed by atoms with van der Waals surface area (Å²) >= 11 is 0. The van der Waals surface area contributed by atoms with Crippen molar-refractivity contribution >= 4 is 129 Å². The largest absolute Gasteiger partial charge is 0.450 e. The molecule has 4 aromatic carbocycles. The predicted molar refractivity (Wildman–Crippen MR) is 519 cm³/mol. The van der Waals surface area contributed by atoms with Gasteiger partial charge in [-0.25, -0.2) is 58.0 Å². The number of pyridine rings is 3. The van der Waals surface area contributed by atoms with Crippen LogP contribution in [0.15, 0.2) is 196 Å². The summed E-state index contributed by atoms with van der Waals surface area (Å²) in [6.45, 7) is 36.7. The van der Waals surface area contributed by atoms with E-state index in [1.165, 1.54) is 6.33 Å². The van der Waals surface area contributed by atoms with E-state index in [0.717, 1.165) is 82.6 Å². The Labute approximate surface area is 789 Å². The Morgan fingerprint density at radius 1 is 0.331 bits per heavy atom. The van der Waals surface area contributed by atoms with Crippen molar-refractivity contribution in [2.45, 2.75) is 172 Å². The number of hydrogen-bond donors (Lipinski definition) is 7. The third kappa shape index (κ3) is 26.1. The maximum absolute atomic E-state index is 12.0. The van der Waals surface area contributed by atoms with Crippen LogP contribution < -0.4 is 56.8 Å². The molecule has 42 heteroatoms. The minimum atomic E-state index is -0.493. The van der Waals surface area contributed by atoms with Gasteiger partial charge < -0.3 is 74.7 Å². The number of para-hydroxylation sites is 1. The maximum Gasteiger partial charge on any atom is 0.411 e. The van der Waals surface area contributed by atoms with Gasteiger partial charge in [0, 0.05) is 211 Å². The molecule has 4 aliphatic heterocycles. The zero-order chi connectivity index (χ0) is 96.8. The lowest BCUT2D eigenvalue weighted by Gasteiger charge is -2.44. The van der Waals surface area contributed by atoms with E-state index in [1.807, 2.05) is 136 Å². The monoisotopic (exact) mass is 1850 g/mol. The smallest absolute Gasteiger partial charge is 0.411 e. The Balaban J connectivity index is 0.000000154. The molecule has 7 amide bonds. The van der Waals surface area contributed by atoms with Gasteiger partial charge in [-0.1, -0.05) is 25.1 Å². The van der Waals surface area contributed by atoms with E-state index in [4.69, 9.17) is 14.2 Å². The molecule has 0 aliphatic carbocycles. The van der Waals surface area contributed by atoms with Crippen LogP contribution in [0, 0.1) is 0 Å². The van der Waals surface area contributed by atoms with E-state index in [2.05, 4.69) is 177 Å². The van der Waals surface area contributed by atoms with Gasteiger partial charge in [-0.05, 0) is 186 Å². The number of hydrogen-bond acceptors (Lipinski definition) is 31. The summed E-state index contributed by atoms with van der Waals surface area (Å²) in [5, 5.41) is 38.7. The number of benzene rings is 4.